The predicted molar refractivity (Wildman–Crippen MR) is 66.4 cm³/mol. The zero-order chi connectivity index (χ0) is 12.5. The summed E-state index contributed by atoms with van der Waals surface area (Å²) in [6.45, 7) is 3.76. The van der Waals surface area contributed by atoms with Crippen molar-refractivity contribution in [3.63, 3.8) is 0 Å². The molecular formula is C14H20FNO. The molecule has 0 bridgehead atoms. The number of aliphatic hydroxyl groups is 1. The standard InChI is InChI=1S/C14H20FNO/c1-11-10-12(15)4-5-13(11)14(17)6-3-8-16(2)9-7-14/h4-5,10,17H,3,6-9H2,1-2H3. The minimum Gasteiger partial charge on any atom is -0.385 e. The van der Waals surface area contributed by atoms with E-state index in [-0.39, 0.29) is 5.82 Å². The first-order chi connectivity index (χ1) is 8.01. The number of benzene rings is 1. The number of hydrogen-bond acceptors (Lipinski definition) is 2. The zero-order valence-corrected chi connectivity index (χ0v) is 10.5. The summed E-state index contributed by atoms with van der Waals surface area (Å²) < 4.78 is 13.1. The molecule has 2 rings (SSSR count). The summed E-state index contributed by atoms with van der Waals surface area (Å²) in [5.74, 6) is -0.236. The van der Waals surface area contributed by atoms with E-state index in [0.29, 0.717) is 0 Å². The van der Waals surface area contributed by atoms with Crippen molar-refractivity contribution in [1.82, 2.24) is 4.90 Å². The lowest BCUT2D eigenvalue weighted by atomic mass is 9.84. The minimum absolute atomic E-state index is 0.236. The van der Waals surface area contributed by atoms with Crippen molar-refractivity contribution < 1.29 is 9.50 Å². The summed E-state index contributed by atoms with van der Waals surface area (Å²) in [6, 6.07) is 4.67. The Bertz CT molecular complexity index is 407. The number of hydrogen-bond donors (Lipinski definition) is 1. The van der Waals surface area contributed by atoms with Crippen LogP contribution in [-0.4, -0.2) is 30.1 Å². The van der Waals surface area contributed by atoms with Gasteiger partial charge in [0.2, 0.25) is 0 Å². The van der Waals surface area contributed by atoms with Crippen LogP contribution in [0.4, 0.5) is 4.39 Å². The summed E-state index contributed by atoms with van der Waals surface area (Å²) in [5, 5.41) is 10.8. The summed E-state index contributed by atoms with van der Waals surface area (Å²) in [7, 11) is 2.07. The molecule has 2 nitrogen and oxygen atoms in total. The third-order valence-corrected chi connectivity index (χ3v) is 3.73. The first-order valence-electron chi connectivity index (χ1n) is 6.19. The summed E-state index contributed by atoms with van der Waals surface area (Å²) in [6.07, 6.45) is 2.45. The van der Waals surface area contributed by atoms with Crippen LogP contribution in [0.5, 0.6) is 0 Å². The van der Waals surface area contributed by atoms with E-state index in [4.69, 9.17) is 0 Å². The maximum absolute atomic E-state index is 13.1. The van der Waals surface area contributed by atoms with Gasteiger partial charge in [-0.2, -0.15) is 0 Å². The third-order valence-electron chi connectivity index (χ3n) is 3.73. The Hall–Kier alpha value is -0.930. The Kier molecular flexibility index (Phi) is 3.50. The second-order valence-electron chi connectivity index (χ2n) is 5.15. The molecule has 1 aromatic carbocycles. The number of rotatable bonds is 1. The average molecular weight is 237 g/mol. The number of nitrogens with zero attached hydrogens (tertiary/aromatic N) is 1. The number of likely N-dealkylation sites (tertiary alicyclic amines) is 1. The van der Waals surface area contributed by atoms with Gasteiger partial charge in [0, 0.05) is 6.54 Å². The summed E-state index contributed by atoms with van der Waals surface area (Å²) in [4.78, 5) is 2.23. The molecule has 1 fully saturated rings. The van der Waals surface area contributed by atoms with E-state index < -0.39 is 5.60 Å². The van der Waals surface area contributed by atoms with E-state index in [1.807, 2.05) is 6.92 Å². The molecule has 0 radical (unpaired) electrons. The van der Waals surface area contributed by atoms with Gasteiger partial charge < -0.3 is 10.0 Å². The zero-order valence-electron chi connectivity index (χ0n) is 10.5. The maximum atomic E-state index is 13.1. The van der Waals surface area contributed by atoms with Crippen LogP contribution in [0.3, 0.4) is 0 Å². The lowest BCUT2D eigenvalue weighted by Gasteiger charge is -2.28. The van der Waals surface area contributed by atoms with E-state index in [9.17, 15) is 9.50 Å². The quantitative estimate of drug-likeness (QED) is 0.811. The molecule has 0 aliphatic carbocycles. The van der Waals surface area contributed by atoms with Crippen LogP contribution in [0.25, 0.3) is 0 Å². The second-order valence-corrected chi connectivity index (χ2v) is 5.15. The van der Waals surface area contributed by atoms with Gasteiger partial charge in [-0.25, -0.2) is 4.39 Å². The lowest BCUT2D eigenvalue weighted by Crippen LogP contribution is -2.28. The van der Waals surface area contributed by atoms with Gasteiger partial charge in [-0.3, -0.25) is 0 Å². The average Bonchev–Trinajstić information content (AvgIpc) is 2.42. The predicted octanol–water partition coefficient (Wildman–Crippen LogP) is 2.44. The third kappa shape index (κ3) is 2.67. The Balaban J connectivity index is 2.30. The van der Waals surface area contributed by atoms with Crippen molar-refractivity contribution in [2.75, 3.05) is 20.1 Å². The molecule has 0 saturated carbocycles. The molecule has 94 valence electrons. The van der Waals surface area contributed by atoms with Crippen LogP contribution in [0.2, 0.25) is 0 Å². The van der Waals surface area contributed by atoms with Gasteiger partial charge in [-0.1, -0.05) is 6.07 Å². The fourth-order valence-corrected chi connectivity index (χ4v) is 2.67. The maximum Gasteiger partial charge on any atom is 0.123 e. The van der Waals surface area contributed by atoms with E-state index in [1.54, 1.807) is 6.07 Å². The molecule has 1 aromatic rings. The molecule has 1 N–H and O–H groups in total. The van der Waals surface area contributed by atoms with Crippen molar-refractivity contribution in [3.8, 4) is 0 Å². The molecule has 1 atom stereocenters. The molecule has 1 saturated heterocycles. The largest absolute Gasteiger partial charge is 0.385 e. The first kappa shape index (κ1) is 12.5. The van der Waals surface area contributed by atoms with Crippen LogP contribution in [0.1, 0.15) is 30.4 Å². The molecule has 0 aromatic heterocycles. The molecule has 1 heterocycles. The SMILES string of the molecule is Cc1cc(F)ccc1C1(O)CCCN(C)CC1. The van der Waals surface area contributed by atoms with E-state index >= 15 is 0 Å². The molecule has 3 heteroatoms. The van der Waals surface area contributed by atoms with Gasteiger partial charge in [0.1, 0.15) is 5.82 Å². The topological polar surface area (TPSA) is 23.5 Å². The number of aryl methyl sites for hydroxylation is 1. The fourth-order valence-electron chi connectivity index (χ4n) is 2.67. The van der Waals surface area contributed by atoms with Crippen molar-refractivity contribution in [2.45, 2.75) is 31.8 Å². The van der Waals surface area contributed by atoms with Crippen molar-refractivity contribution >= 4 is 0 Å². The van der Waals surface area contributed by atoms with Gasteiger partial charge >= 0.3 is 0 Å². The lowest BCUT2D eigenvalue weighted by molar-refractivity contribution is 0.0212. The highest BCUT2D eigenvalue weighted by Crippen LogP contribution is 2.34. The molecular weight excluding hydrogens is 217 g/mol. The summed E-state index contributed by atoms with van der Waals surface area (Å²) in [5.41, 5.74) is 0.939. The van der Waals surface area contributed by atoms with Gasteiger partial charge in [-0.05, 0) is 63.0 Å². The Morgan fingerprint density at radius 2 is 2.06 bits per heavy atom. The molecule has 1 unspecified atom stereocenters. The summed E-state index contributed by atoms with van der Waals surface area (Å²) >= 11 is 0. The monoisotopic (exact) mass is 237 g/mol. The van der Waals surface area contributed by atoms with Crippen LogP contribution in [0, 0.1) is 12.7 Å². The van der Waals surface area contributed by atoms with Gasteiger partial charge in [0.15, 0.2) is 0 Å². The smallest absolute Gasteiger partial charge is 0.123 e. The molecule has 0 spiro atoms. The van der Waals surface area contributed by atoms with Crippen molar-refractivity contribution in [3.05, 3.63) is 35.1 Å². The van der Waals surface area contributed by atoms with E-state index in [2.05, 4.69) is 11.9 Å². The Morgan fingerprint density at radius 1 is 1.29 bits per heavy atom. The minimum atomic E-state index is -0.789. The van der Waals surface area contributed by atoms with Crippen molar-refractivity contribution in [2.24, 2.45) is 0 Å². The molecule has 1 aliphatic heterocycles. The highest BCUT2D eigenvalue weighted by atomic mass is 19.1. The molecule has 1 aliphatic rings. The Labute approximate surface area is 102 Å². The first-order valence-corrected chi connectivity index (χ1v) is 6.19. The Morgan fingerprint density at radius 3 is 2.76 bits per heavy atom. The molecule has 0 amide bonds. The molecule has 17 heavy (non-hydrogen) atoms. The fraction of sp³-hybridized carbons (Fsp3) is 0.571. The highest BCUT2D eigenvalue weighted by molar-refractivity contribution is 5.32. The second kappa shape index (κ2) is 4.75. The van der Waals surface area contributed by atoms with Crippen LogP contribution < -0.4 is 0 Å². The van der Waals surface area contributed by atoms with Gasteiger partial charge in [0.25, 0.3) is 0 Å². The van der Waals surface area contributed by atoms with Crippen LogP contribution >= 0.6 is 0 Å². The highest BCUT2D eigenvalue weighted by Gasteiger charge is 2.32. The van der Waals surface area contributed by atoms with Gasteiger partial charge in [-0.15, -0.1) is 0 Å². The van der Waals surface area contributed by atoms with E-state index in [0.717, 1.165) is 43.5 Å². The van der Waals surface area contributed by atoms with Crippen LogP contribution in [-0.2, 0) is 5.60 Å². The number of halogens is 1. The normalized spacial score (nSPS) is 26.8. The van der Waals surface area contributed by atoms with E-state index in [1.165, 1.54) is 12.1 Å². The van der Waals surface area contributed by atoms with Gasteiger partial charge in [0.05, 0.1) is 5.60 Å². The van der Waals surface area contributed by atoms with Crippen molar-refractivity contribution in [1.29, 1.82) is 0 Å². The van der Waals surface area contributed by atoms with Crippen LogP contribution in [0.15, 0.2) is 18.2 Å².